The summed E-state index contributed by atoms with van der Waals surface area (Å²) < 4.78 is 10.2. The first-order chi connectivity index (χ1) is 12.9. The van der Waals surface area contributed by atoms with E-state index in [1.165, 1.54) is 44.0 Å². The van der Waals surface area contributed by atoms with Crippen LogP contribution >= 0.6 is 23.1 Å². The van der Waals surface area contributed by atoms with Crippen molar-refractivity contribution in [1.29, 1.82) is 0 Å². The Hall–Kier alpha value is -2.59. The summed E-state index contributed by atoms with van der Waals surface area (Å²) in [6, 6.07) is 7.73. The van der Waals surface area contributed by atoms with Gasteiger partial charge in [0.1, 0.15) is 5.75 Å². The first-order valence-electron chi connectivity index (χ1n) is 7.83. The van der Waals surface area contributed by atoms with Crippen LogP contribution in [0.5, 0.6) is 5.75 Å². The van der Waals surface area contributed by atoms with Crippen molar-refractivity contribution in [3.8, 4) is 5.75 Å². The SMILES string of the molecule is COc1cc([N+](=O)[O-])ccc1NC(=O)[C@H](C)OC(=O)CSCc1cccs1. The van der Waals surface area contributed by atoms with Crippen molar-refractivity contribution in [2.75, 3.05) is 18.2 Å². The van der Waals surface area contributed by atoms with Crippen LogP contribution in [0.4, 0.5) is 11.4 Å². The lowest BCUT2D eigenvalue weighted by molar-refractivity contribution is -0.384. The highest BCUT2D eigenvalue weighted by Crippen LogP contribution is 2.29. The molecule has 1 atom stereocenters. The molecule has 1 amide bonds. The molecule has 1 aromatic carbocycles. The first-order valence-corrected chi connectivity index (χ1v) is 9.87. The molecule has 0 aliphatic heterocycles. The van der Waals surface area contributed by atoms with E-state index >= 15 is 0 Å². The summed E-state index contributed by atoms with van der Waals surface area (Å²) in [5, 5.41) is 15.3. The van der Waals surface area contributed by atoms with Gasteiger partial charge in [0.25, 0.3) is 11.6 Å². The molecule has 10 heteroatoms. The van der Waals surface area contributed by atoms with Crippen LogP contribution in [0.15, 0.2) is 35.7 Å². The largest absolute Gasteiger partial charge is 0.494 e. The fraction of sp³-hybridized carbons (Fsp3) is 0.294. The molecule has 27 heavy (non-hydrogen) atoms. The Kier molecular flexibility index (Phi) is 7.62. The maximum atomic E-state index is 12.2. The Bertz CT molecular complexity index is 810. The standard InChI is InChI=1S/C17H18N2O6S2/c1-11(25-16(20)10-26-9-13-4-3-7-27-13)17(21)18-14-6-5-12(19(22)23)8-15(14)24-2/h3-8,11H,9-10H2,1-2H3,(H,18,21)/t11-/m0/s1. The number of thiophene rings is 1. The third kappa shape index (κ3) is 6.26. The Morgan fingerprint density at radius 2 is 2.15 bits per heavy atom. The second-order valence-electron chi connectivity index (χ2n) is 5.34. The van der Waals surface area contributed by atoms with Gasteiger partial charge in [-0.25, -0.2) is 0 Å². The van der Waals surface area contributed by atoms with Crippen molar-refractivity contribution in [3.05, 3.63) is 50.7 Å². The maximum absolute atomic E-state index is 12.2. The minimum atomic E-state index is -1.01. The second-order valence-corrected chi connectivity index (χ2v) is 7.35. The van der Waals surface area contributed by atoms with E-state index in [9.17, 15) is 19.7 Å². The Balaban J connectivity index is 1.85. The summed E-state index contributed by atoms with van der Waals surface area (Å²) in [5.41, 5.74) is 0.0927. The quantitative estimate of drug-likeness (QED) is 0.383. The lowest BCUT2D eigenvalue weighted by Crippen LogP contribution is -2.30. The molecule has 0 bridgehead atoms. The lowest BCUT2D eigenvalue weighted by atomic mass is 10.2. The Morgan fingerprint density at radius 3 is 2.78 bits per heavy atom. The van der Waals surface area contributed by atoms with Gasteiger partial charge in [0.05, 0.1) is 29.5 Å². The van der Waals surface area contributed by atoms with Crippen LogP contribution in [0, 0.1) is 10.1 Å². The van der Waals surface area contributed by atoms with Crippen molar-refractivity contribution in [3.63, 3.8) is 0 Å². The monoisotopic (exact) mass is 410 g/mol. The minimum Gasteiger partial charge on any atom is -0.494 e. The fourth-order valence-corrected chi connectivity index (χ4v) is 3.69. The average molecular weight is 410 g/mol. The van der Waals surface area contributed by atoms with E-state index in [0.717, 1.165) is 4.88 Å². The molecule has 144 valence electrons. The lowest BCUT2D eigenvalue weighted by Gasteiger charge is -2.15. The zero-order valence-electron chi connectivity index (χ0n) is 14.7. The molecule has 0 aliphatic rings. The molecule has 0 unspecified atom stereocenters. The third-order valence-electron chi connectivity index (χ3n) is 3.38. The van der Waals surface area contributed by atoms with Crippen molar-refractivity contribution in [2.24, 2.45) is 0 Å². The smallest absolute Gasteiger partial charge is 0.316 e. The van der Waals surface area contributed by atoms with Crippen molar-refractivity contribution in [1.82, 2.24) is 0 Å². The van der Waals surface area contributed by atoms with Gasteiger partial charge in [-0.05, 0) is 24.4 Å². The number of thioether (sulfide) groups is 1. The van der Waals surface area contributed by atoms with Gasteiger partial charge in [-0.1, -0.05) is 6.07 Å². The molecule has 0 spiro atoms. The highest BCUT2D eigenvalue weighted by Gasteiger charge is 2.20. The van der Waals surface area contributed by atoms with Crippen LogP contribution in [0.3, 0.4) is 0 Å². The minimum absolute atomic E-state index is 0.135. The zero-order valence-corrected chi connectivity index (χ0v) is 16.3. The topological polar surface area (TPSA) is 108 Å². The molecule has 0 aliphatic carbocycles. The number of nitrogens with one attached hydrogen (secondary N) is 1. The van der Waals surface area contributed by atoms with E-state index in [1.54, 1.807) is 11.3 Å². The Morgan fingerprint density at radius 1 is 1.37 bits per heavy atom. The van der Waals surface area contributed by atoms with Gasteiger partial charge < -0.3 is 14.8 Å². The summed E-state index contributed by atoms with van der Waals surface area (Å²) in [6.45, 7) is 1.45. The summed E-state index contributed by atoms with van der Waals surface area (Å²) in [5.74, 6) is -0.0693. The van der Waals surface area contributed by atoms with Crippen LogP contribution < -0.4 is 10.1 Å². The number of esters is 1. The van der Waals surface area contributed by atoms with E-state index in [4.69, 9.17) is 9.47 Å². The number of carbonyl (C=O) groups excluding carboxylic acids is 2. The maximum Gasteiger partial charge on any atom is 0.316 e. The molecule has 1 heterocycles. The zero-order chi connectivity index (χ0) is 19.8. The fourth-order valence-electron chi connectivity index (χ4n) is 2.05. The molecule has 2 aromatic rings. The number of anilines is 1. The van der Waals surface area contributed by atoms with Gasteiger partial charge in [-0.3, -0.25) is 19.7 Å². The number of hydrogen-bond donors (Lipinski definition) is 1. The molecular formula is C17H18N2O6S2. The second kappa shape index (κ2) is 9.93. The summed E-state index contributed by atoms with van der Waals surface area (Å²) >= 11 is 3.02. The highest BCUT2D eigenvalue weighted by molar-refractivity contribution is 7.99. The predicted octanol–water partition coefficient (Wildman–Crippen LogP) is 3.47. The molecule has 0 saturated heterocycles. The highest BCUT2D eigenvalue weighted by atomic mass is 32.2. The number of ether oxygens (including phenoxy) is 2. The van der Waals surface area contributed by atoms with Crippen LogP contribution in [0.1, 0.15) is 11.8 Å². The van der Waals surface area contributed by atoms with Crippen molar-refractivity contribution in [2.45, 2.75) is 18.8 Å². The molecule has 1 N–H and O–H groups in total. The van der Waals surface area contributed by atoms with Gasteiger partial charge >= 0.3 is 5.97 Å². The molecule has 2 rings (SSSR count). The van der Waals surface area contributed by atoms with Crippen LogP contribution in [-0.2, 0) is 20.1 Å². The third-order valence-corrected chi connectivity index (χ3v) is 5.39. The number of hydrogen-bond acceptors (Lipinski definition) is 8. The molecule has 0 saturated carbocycles. The summed E-state index contributed by atoms with van der Waals surface area (Å²) in [7, 11) is 1.34. The number of carbonyl (C=O) groups is 2. The number of nitro benzene ring substituents is 1. The number of benzene rings is 1. The van der Waals surface area contributed by atoms with Crippen molar-refractivity contribution < 1.29 is 24.0 Å². The number of amides is 1. The van der Waals surface area contributed by atoms with E-state index < -0.39 is 22.9 Å². The van der Waals surface area contributed by atoms with Crippen LogP contribution in [0.25, 0.3) is 0 Å². The van der Waals surface area contributed by atoms with Gasteiger partial charge in [0.2, 0.25) is 0 Å². The van der Waals surface area contributed by atoms with Crippen molar-refractivity contribution >= 4 is 46.3 Å². The van der Waals surface area contributed by atoms with E-state index in [0.29, 0.717) is 5.75 Å². The molecule has 8 nitrogen and oxygen atoms in total. The molecule has 0 radical (unpaired) electrons. The molecule has 1 aromatic heterocycles. The first kappa shape index (κ1) is 20.7. The number of nitrogens with zero attached hydrogens (tertiary/aromatic N) is 1. The van der Waals surface area contributed by atoms with Gasteiger partial charge in [-0.2, -0.15) is 0 Å². The number of methoxy groups -OCH3 is 1. The molecule has 0 fully saturated rings. The molecular weight excluding hydrogens is 392 g/mol. The van der Waals surface area contributed by atoms with Crippen LogP contribution in [-0.4, -0.2) is 35.8 Å². The van der Waals surface area contributed by atoms with Gasteiger partial charge in [0, 0.05) is 16.7 Å². The van der Waals surface area contributed by atoms with E-state index in [2.05, 4.69) is 5.32 Å². The number of rotatable bonds is 9. The van der Waals surface area contributed by atoms with Gasteiger partial charge in [0.15, 0.2) is 6.10 Å². The predicted molar refractivity (Wildman–Crippen MR) is 104 cm³/mol. The van der Waals surface area contributed by atoms with E-state index in [1.807, 2.05) is 17.5 Å². The number of nitro groups is 1. The summed E-state index contributed by atoms with van der Waals surface area (Å²) in [6.07, 6.45) is -1.01. The van der Waals surface area contributed by atoms with E-state index in [-0.39, 0.29) is 22.9 Å². The summed E-state index contributed by atoms with van der Waals surface area (Å²) in [4.78, 5) is 35.5. The number of non-ortho nitro benzene ring substituents is 1. The average Bonchev–Trinajstić information content (AvgIpc) is 3.15. The van der Waals surface area contributed by atoms with Crippen LogP contribution in [0.2, 0.25) is 0 Å². The van der Waals surface area contributed by atoms with Gasteiger partial charge in [-0.15, -0.1) is 23.1 Å². The Labute approximate surface area is 164 Å². The normalized spacial score (nSPS) is 11.5.